The molecular weight excluding hydrogens is 438 g/mol. The predicted molar refractivity (Wildman–Crippen MR) is 123 cm³/mol. The Hall–Kier alpha value is -2.35. The van der Waals surface area contributed by atoms with Crippen molar-refractivity contribution in [3.8, 4) is 10.8 Å². The summed E-state index contributed by atoms with van der Waals surface area (Å²) in [4.78, 5) is 14.9. The summed E-state index contributed by atoms with van der Waals surface area (Å²) in [5.74, 6) is 0.602. The molecule has 1 amide bonds. The van der Waals surface area contributed by atoms with E-state index in [1.807, 2.05) is 24.3 Å². The first-order chi connectivity index (χ1) is 14.5. The third-order valence-electron chi connectivity index (χ3n) is 4.73. The Balaban J connectivity index is 1.37. The van der Waals surface area contributed by atoms with Gasteiger partial charge < -0.3 is 9.32 Å². The van der Waals surface area contributed by atoms with Gasteiger partial charge in [0.05, 0.1) is 10.8 Å². The van der Waals surface area contributed by atoms with Gasteiger partial charge in [0.15, 0.2) is 0 Å². The van der Waals surface area contributed by atoms with Gasteiger partial charge in [-0.2, -0.15) is 0 Å². The number of benzene rings is 2. The SMILES string of the molecule is CCc1ccc(CN(C)C(=O)CSc2nnc(-c3sc4ccccc4c3Cl)o2)cc1. The van der Waals surface area contributed by atoms with Crippen molar-refractivity contribution in [3.05, 3.63) is 64.7 Å². The van der Waals surface area contributed by atoms with Crippen LogP contribution in [0.1, 0.15) is 18.1 Å². The molecule has 5 nitrogen and oxygen atoms in total. The number of rotatable bonds is 7. The summed E-state index contributed by atoms with van der Waals surface area (Å²) in [5.41, 5.74) is 2.39. The number of thioether (sulfide) groups is 1. The monoisotopic (exact) mass is 457 g/mol. The molecule has 4 aromatic rings. The van der Waals surface area contributed by atoms with Crippen LogP contribution in [-0.4, -0.2) is 33.8 Å². The van der Waals surface area contributed by atoms with E-state index in [2.05, 4.69) is 41.4 Å². The summed E-state index contributed by atoms with van der Waals surface area (Å²) in [6.45, 7) is 2.69. The van der Waals surface area contributed by atoms with Gasteiger partial charge in [-0.25, -0.2) is 0 Å². The number of aryl methyl sites for hydroxylation is 1. The van der Waals surface area contributed by atoms with Gasteiger partial charge in [0.1, 0.15) is 4.88 Å². The van der Waals surface area contributed by atoms with Crippen LogP contribution in [0.5, 0.6) is 0 Å². The first-order valence-corrected chi connectivity index (χ1v) is 11.7. The highest BCUT2D eigenvalue weighted by atomic mass is 35.5. The Labute approximate surface area is 188 Å². The maximum atomic E-state index is 12.5. The van der Waals surface area contributed by atoms with Gasteiger partial charge in [-0.05, 0) is 23.6 Å². The van der Waals surface area contributed by atoms with Crippen molar-refractivity contribution in [3.63, 3.8) is 0 Å². The van der Waals surface area contributed by atoms with E-state index in [1.165, 1.54) is 28.7 Å². The number of carbonyl (C=O) groups excluding carboxylic acids is 1. The third kappa shape index (κ3) is 4.53. The summed E-state index contributed by atoms with van der Waals surface area (Å²) in [7, 11) is 1.80. The number of thiophene rings is 1. The van der Waals surface area contributed by atoms with Crippen LogP contribution in [-0.2, 0) is 17.8 Å². The van der Waals surface area contributed by atoms with Gasteiger partial charge in [0, 0.05) is 23.7 Å². The average molecular weight is 458 g/mol. The molecule has 154 valence electrons. The van der Waals surface area contributed by atoms with E-state index >= 15 is 0 Å². The van der Waals surface area contributed by atoms with Crippen LogP contribution in [0.4, 0.5) is 0 Å². The maximum absolute atomic E-state index is 12.5. The lowest BCUT2D eigenvalue weighted by Gasteiger charge is -2.16. The number of halogens is 1. The van der Waals surface area contributed by atoms with E-state index < -0.39 is 0 Å². The number of hydrogen-bond donors (Lipinski definition) is 0. The van der Waals surface area contributed by atoms with E-state index in [0.29, 0.717) is 22.7 Å². The number of aromatic nitrogens is 2. The van der Waals surface area contributed by atoms with Crippen LogP contribution in [0.3, 0.4) is 0 Å². The van der Waals surface area contributed by atoms with Crippen molar-refractivity contribution >= 4 is 50.7 Å². The zero-order chi connectivity index (χ0) is 21.1. The molecule has 0 fully saturated rings. The first kappa shape index (κ1) is 20.9. The minimum atomic E-state index is -0.000729. The van der Waals surface area contributed by atoms with Crippen molar-refractivity contribution in [2.45, 2.75) is 25.1 Å². The van der Waals surface area contributed by atoms with Crippen LogP contribution < -0.4 is 0 Å². The van der Waals surface area contributed by atoms with Crippen molar-refractivity contribution in [2.24, 2.45) is 0 Å². The maximum Gasteiger partial charge on any atom is 0.277 e. The Kier molecular flexibility index (Phi) is 6.41. The third-order valence-corrected chi connectivity index (χ3v) is 7.20. The average Bonchev–Trinajstić information content (AvgIpc) is 3.37. The lowest BCUT2D eigenvalue weighted by atomic mass is 10.1. The lowest BCUT2D eigenvalue weighted by Crippen LogP contribution is -2.27. The second-order valence-electron chi connectivity index (χ2n) is 6.82. The summed E-state index contributed by atoms with van der Waals surface area (Å²) in [6.07, 6.45) is 1.00. The van der Waals surface area contributed by atoms with Crippen LogP contribution in [0.15, 0.2) is 58.2 Å². The quantitative estimate of drug-likeness (QED) is 0.322. The Bertz CT molecular complexity index is 1170. The number of hydrogen-bond acceptors (Lipinski definition) is 6. The van der Waals surface area contributed by atoms with Crippen molar-refractivity contribution in [1.29, 1.82) is 0 Å². The molecule has 2 heterocycles. The Morgan fingerprint density at radius 1 is 1.13 bits per heavy atom. The minimum Gasteiger partial charge on any atom is -0.410 e. The van der Waals surface area contributed by atoms with Gasteiger partial charge >= 0.3 is 0 Å². The van der Waals surface area contributed by atoms with Crippen molar-refractivity contribution in [1.82, 2.24) is 15.1 Å². The molecule has 0 bridgehead atoms. The molecule has 0 aliphatic carbocycles. The Morgan fingerprint density at radius 2 is 1.87 bits per heavy atom. The molecular formula is C22H20ClN3O2S2. The number of nitrogens with zero attached hydrogens (tertiary/aromatic N) is 3. The van der Waals surface area contributed by atoms with E-state index in [9.17, 15) is 4.79 Å². The summed E-state index contributed by atoms with van der Waals surface area (Å²) >= 11 is 9.22. The molecule has 2 aromatic heterocycles. The summed E-state index contributed by atoms with van der Waals surface area (Å²) in [6, 6.07) is 16.2. The van der Waals surface area contributed by atoms with Crippen LogP contribution >= 0.6 is 34.7 Å². The van der Waals surface area contributed by atoms with E-state index in [1.54, 1.807) is 11.9 Å². The standard InChI is InChI=1S/C22H20ClN3O2S2/c1-3-14-8-10-15(11-9-14)12-26(2)18(27)13-29-22-25-24-21(28-22)20-19(23)16-6-4-5-7-17(16)30-20/h4-11H,3,12-13H2,1-2H3. The second kappa shape index (κ2) is 9.20. The smallest absolute Gasteiger partial charge is 0.277 e. The van der Waals surface area contributed by atoms with Crippen LogP contribution in [0.2, 0.25) is 5.02 Å². The zero-order valence-electron chi connectivity index (χ0n) is 16.6. The van der Waals surface area contributed by atoms with E-state index in [-0.39, 0.29) is 11.7 Å². The molecule has 0 unspecified atom stereocenters. The summed E-state index contributed by atoms with van der Waals surface area (Å²) < 4.78 is 6.81. The molecule has 0 atom stereocenters. The largest absolute Gasteiger partial charge is 0.410 e. The Morgan fingerprint density at radius 3 is 2.60 bits per heavy atom. The molecule has 0 saturated heterocycles. The van der Waals surface area contributed by atoms with Gasteiger partial charge in [0.2, 0.25) is 5.91 Å². The van der Waals surface area contributed by atoms with E-state index in [0.717, 1.165) is 26.9 Å². The first-order valence-electron chi connectivity index (χ1n) is 9.50. The highest BCUT2D eigenvalue weighted by Gasteiger charge is 2.19. The second-order valence-corrected chi connectivity index (χ2v) is 9.18. The topological polar surface area (TPSA) is 59.2 Å². The van der Waals surface area contributed by atoms with E-state index in [4.69, 9.17) is 16.0 Å². The van der Waals surface area contributed by atoms with Crippen LogP contribution in [0, 0.1) is 0 Å². The molecule has 4 rings (SSSR count). The fourth-order valence-electron chi connectivity index (χ4n) is 2.99. The molecule has 0 aliphatic heterocycles. The highest BCUT2D eigenvalue weighted by molar-refractivity contribution is 7.99. The predicted octanol–water partition coefficient (Wildman–Crippen LogP) is 5.92. The van der Waals surface area contributed by atoms with Crippen molar-refractivity contribution in [2.75, 3.05) is 12.8 Å². The normalized spacial score (nSPS) is 11.2. The molecule has 2 aromatic carbocycles. The molecule has 30 heavy (non-hydrogen) atoms. The van der Waals surface area contributed by atoms with Gasteiger partial charge in [-0.15, -0.1) is 21.5 Å². The molecule has 8 heteroatoms. The van der Waals surface area contributed by atoms with Crippen LogP contribution in [0.25, 0.3) is 20.9 Å². The number of fused-ring (bicyclic) bond motifs is 1. The molecule has 0 radical (unpaired) electrons. The highest BCUT2D eigenvalue weighted by Crippen LogP contribution is 2.41. The van der Waals surface area contributed by atoms with Gasteiger partial charge in [-0.1, -0.05) is 72.8 Å². The number of carbonyl (C=O) groups is 1. The summed E-state index contributed by atoms with van der Waals surface area (Å²) in [5, 5.41) is 10.1. The van der Waals surface area contributed by atoms with Gasteiger partial charge in [0.25, 0.3) is 11.1 Å². The van der Waals surface area contributed by atoms with Crippen molar-refractivity contribution < 1.29 is 9.21 Å². The fraction of sp³-hybridized carbons (Fsp3) is 0.227. The lowest BCUT2D eigenvalue weighted by molar-refractivity contribution is -0.127. The molecule has 0 saturated carbocycles. The zero-order valence-corrected chi connectivity index (χ0v) is 19.0. The molecule has 0 aliphatic rings. The van der Waals surface area contributed by atoms with Gasteiger partial charge in [-0.3, -0.25) is 4.79 Å². The fourth-order valence-corrected chi connectivity index (χ4v) is 5.12. The molecule has 0 spiro atoms. The molecule has 0 N–H and O–H groups in total. The number of amides is 1. The minimum absolute atomic E-state index is 0.000729.